The summed E-state index contributed by atoms with van der Waals surface area (Å²) in [5, 5.41) is 15.2. The van der Waals surface area contributed by atoms with Crippen molar-refractivity contribution in [2.45, 2.75) is 84.2 Å². The van der Waals surface area contributed by atoms with E-state index in [0.29, 0.717) is 28.8 Å². The molecule has 0 aliphatic carbocycles. The first-order valence-electron chi connectivity index (χ1n) is 17.2. The third kappa shape index (κ3) is 6.75. The standard InChI is InChI=1S/C40H44N6O3/c1-25-14-16-31(17-15-25)46-35(24-34(43-46)40(3,4)5)42-39(48)41-30-13-9-10-27(21-30)20-28-22-32-18-19-33(23-28)45(32)38(47)36-26(2)49-44-37(36)29-11-7-6-8-12-29/h6-17,21,24,28,32-33H,18-20,22-23H2,1-5H3,(H2,41,42,48)/t28?,32-,33?/m0/s1. The van der Waals surface area contributed by atoms with Crippen molar-refractivity contribution in [2.24, 2.45) is 5.92 Å². The van der Waals surface area contributed by atoms with Crippen LogP contribution in [0, 0.1) is 19.8 Å². The van der Waals surface area contributed by atoms with E-state index in [4.69, 9.17) is 9.62 Å². The number of nitrogens with zero attached hydrogens (tertiary/aromatic N) is 4. The van der Waals surface area contributed by atoms with Gasteiger partial charge >= 0.3 is 6.03 Å². The number of aromatic nitrogens is 3. The number of carbonyl (C=O) groups is 2. The molecule has 49 heavy (non-hydrogen) atoms. The van der Waals surface area contributed by atoms with E-state index in [-0.39, 0.29) is 29.4 Å². The molecular weight excluding hydrogens is 612 g/mol. The van der Waals surface area contributed by atoms with Crippen LogP contribution in [0.25, 0.3) is 16.9 Å². The number of anilines is 2. The summed E-state index contributed by atoms with van der Waals surface area (Å²) < 4.78 is 7.32. The fourth-order valence-electron chi connectivity index (χ4n) is 7.44. The maximum Gasteiger partial charge on any atom is 0.324 e. The van der Waals surface area contributed by atoms with Gasteiger partial charge in [-0.15, -0.1) is 0 Å². The fraction of sp³-hybridized carbons (Fsp3) is 0.350. The number of hydrogen-bond donors (Lipinski definition) is 2. The van der Waals surface area contributed by atoms with Crippen molar-refractivity contribution in [3.8, 4) is 16.9 Å². The normalized spacial score (nSPS) is 18.8. The van der Waals surface area contributed by atoms with Crippen LogP contribution in [0.15, 0.2) is 89.5 Å². The van der Waals surface area contributed by atoms with E-state index >= 15 is 0 Å². The number of benzene rings is 3. The van der Waals surface area contributed by atoms with Crippen LogP contribution in [-0.2, 0) is 11.8 Å². The Morgan fingerprint density at radius 1 is 0.878 bits per heavy atom. The van der Waals surface area contributed by atoms with Gasteiger partial charge in [0.15, 0.2) is 0 Å². The number of carbonyl (C=O) groups excluding carboxylic acids is 2. The van der Waals surface area contributed by atoms with Crippen LogP contribution in [0.4, 0.5) is 16.3 Å². The number of nitrogens with one attached hydrogen (secondary N) is 2. The summed E-state index contributed by atoms with van der Waals surface area (Å²) in [6.45, 7) is 10.2. The summed E-state index contributed by atoms with van der Waals surface area (Å²) in [5.41, 5.74) is 6.74. The van der Waals surface area contributed by atoms with Gasteiger partial charge in [-0.05, 0) is 81.7 Å². The van der Waals surface area contributed by atoms with E-state index in [1.807, 2.05) is 86.6 Å². The van der Waals surface area contributed by atoms with Crippen molar-refractivity contribution in [1.29, 1.82) is 0 Å². The van der Waals surface area contributed by atoms with Crippen molar-refractivity contribution < 1.29 is 14.1 Å². The SMILES string of the molecule is Cc1ccc(-n2nc(C(C)(C)C)cc2NC(=O)Nc2cccc(CC3CC4CC[C@@H](C3)N4C(=O)c3c(-c4ccccc4)noc3C)c2)cc1. The molecule has 0 radical (unpaired) electrons. The van der Waals surface area contributed by atoms with E-state index in [1.165, 1.54) is 5.56 Å². The molecule has 2 saturated heterocycles. The average molecular weight is 657 g/mol. The molecule has 5 aromatic rings. The molecule has 3 aromatic carbocycles. The number of aryl methyl sites for hydroxylation is 2. The van der Waals surface area contributed by atoms with E-state index in [2.05, 4.69) is 53.6 Å². The zero-order chi connectivity index (χ0) is 34.3. The summed E-state index contributed by atoms with van der Waals surface area (Å²) in [5.74, 6) is 1.64. The first-order chi connectivity index (χ1) is 23.5. The number of fused-ring (bicyclic) bond motifs is 2. The maximum atomic E-state index is 14.0. The van der Waals surface area contributed by atoms with Gasteiger partial charge in [-0.1, -0.05) is 86.1 Å². The smallest absolute Gasteiger partial charge is 0.324 e. The highest BCUT2D eigenvalue weighted by Gasteiger charge is 2.44. The first kappa shape index (κ1) is 32.4. The molecule has 4 heterocycles. The molecule has 2 aliphatic heterocycles. The molecular formula is C40H44N6O3. The molecule has 0 saturated carbocycles. The minimum Gasteiger partial charge on any atom is -0.360 e. The lowest BCUT2D eigenvalue weighted by Gasteiger charge is -2.39. The van der Waals surface area contributed by atoms with E-state index in [9.17, 15) is 9.59 Å². The maximum absolute atomic E-state index is 14.0. The lowest BCUT2D eigenvalue weighted by atomic mass is 9.85. The van der Waals surface area contributed by atoms with Crippen LogP contribution in [-0.4, -0.2) is 43.9 Å². The highest BCUT2D eigenvalue weighted by molar-refractivity contribution is 6.01. The predicted molar refractivity (Wildman–Crippen MR) is 192 cm³/mol. The Morgan fingerprint density at radius 2 is 1.59 bits per heavy atom. The van der Waals surface area contributed by atoms with Gasteiger partial charge in [0.05, 0.1) is 11.4 Å². The molecule has 9 nitrogen and oxygen atoms in total. The van der Waals surface area contributed by atoms with Crippen molar-refractivity contribution in [3.63, 3.8) is 0 Å². The van der Waals surface area contributed by atoms with Crippen molar-refractivity contribution in [2.75, 3.05) is 10.6 Å². The summed E-state index contributed by atoms with van der Waals surface area (Å²) in [7, 11) is 0. The number of urea groups is 1. The zero-order valence-electron chi connectivity index (χ0n) is 28.9. The van der Waals surface area contributed by atoms with Crippen LogP contribution >= 0.6 is 0 Å². The second kappa shape index (κ2) is 13.0. The van der Waals surface area contributed by atoms with Gasteiger partial charge < -0.3 is 14.7 Å². The summed E-state index contributed by atoms with van der Waals surface area (Å²) >= 11 is 0. The van der Waals surface area contributed by atoms with Gasteiger partial charge in [0.2, 0.25) is 0 Å². The lowest BCUT2D eigenvalue weighted by Crippen LogP contribution is -2.47. The molecule has 2 bridgehead atoms. The van der Waals surface area contributed by atoms with Gasteiger partial charge in [0.25, 0.3) is 5.91 Å². The Balaban J connectivity index is 1.01. The molecule has 7 rings (SSSR count). The Labute approximate surface area is 287 Å². The fourth-order valence-corrected chi connectivity index (χ4v) is 7.44. The molecule has 2 N–H and O–H groups in total. The lowest BCUT2D eigenvalue weighted by molar-refractivity contribution is 0.0523. The van der Waals surface area contributed by atoms with Gasteiger partial charge in [0.1, 0.15) is 22.8 Å². The van der Waals surface area contributed by atoms with Crippen molar-refractivity contribution in [3.05, 3.63) is 113 Å². The molecule has 2 aliphatic rings. The van der Waals surface area contributed by atoms with Crippen molar-refractivity contribution in [1.82, 2.24) is 19.8 Å². The Morgan fingerprint density at radius 3 is 2.29 bits per heavy atom. The molecule has 0 spiro atoms. The second-order valence-electron chi connectivity index (χ2n) is 14.7. The minimum atomic E-state index is -0.324. The van der Waals surface area contributed by atoms with Crippen LogP contribution < -0.4 is 10.6 Å². The van der Waals surface area contributed by atoms with Crippen LogP contribution in [0.1, 0.15) is 79.4 Å². The largest absolute Gasteiger partial charge is 0.360 e. The molecule has 2 unspecified atom stereocenters. The zero-order valence-corrected chi connectivity index (χ0v) is 28.9. The highest BCUT2D eigenvalue weighted by atomic mass is 16.5. The third-order valence-corrected chi connectivity index (χ3v) is 9.90. The van der Waals surface area contributed by atoms with Gasteiger partial charge in [-0.2, -0.15) is 5.10 Å². The molecule has 3 atom stereocenters. The summed E-state index contributed by atoms with van der Waals surface area (Å²) in [6, 6.07) is 28.0. The van der Waals surface area contributed by atoms with Gasteiger partial charge in [-0.25, -0.2) is 9.48 Å². The Kier molecular flexibility index (Phi) is 8.61. The van der Waals surface area contributed by atoms with Gasteiger partial charge in [-0.3, -0.25) is 10.1 Å². The van der Waals surface area contributed by atoms with Crippen LogP contribution in [0.5, 0.6) is 0 Å². The van der Waals surface area contributed by atoms with Crippen LogP contribution in [0.2, 0.25) is 0 Å². The topological polar surface area (TPSA) is 105 Å². The number of piperidine rings is 1. The number of rotatable bonds is 7. The van der Waals surface area contributed by atoms with E-state index < -0.39 is 0 Å². The van der Waals surface area contributed by atoms with E-state index in [0.717, 1.165) is 60.3 Å². The molecule has 2 aromatic heterocycles. The second-order valence-corrected chi connectivity index (χ2v) is 14.7. The average Bonchev–Trinajstić information content (AvgIpc) is 3.75. The predicted octanol–water partition coefficient (Wildman–Crippen LogP) is 8.71. The number of amides is 3. The highest BCUT2D eigenvalue weighted by Crippen LogP contribution is 2.42. The molecule has 252 valence electrons. The van der Waals surface area contributed by atoms with Gasteiger partial charge in [0, 0.05) is 34.8 Å². The van der Waals surface area contributed by atoms with Crippen LogP contribution in [0.3, 0.4) is 0 Å². The molecule has 9 heteroatoms. The van der Waals surface area contributed by atoms with E-state index in [1.54, 1.807) is 4.68 Å². The minimum absolute atomic E-state index is 0.0269. The quantitative estimate of drug-likeness (QED) is 0.182. The van der Waals surface area contributed by atoms with Crippen molar-refractivity contribution >= 4 is 23.4 Å². The summed E-state index contributed by atoms with van der Waals surface area (Å²) in [4.78, 5) is 29.4. The monoisotopic (exact) mass is 656 g/mol. The Hall–Kier alpha value is -5.18. The summed E-state index contributed by atoms with van der Waals surface area (Å²) in [6.07, 6.45) is 4.81. The number of hydrogen-bond acceptors (Lipinski definition) is 5. The Bertz CT molecular complexity index is 1960. The molecule has 3 amide bonds. The third-order valence-electron chi connectivity index (χ3n) is 9.90. The molecule has 2 fully saturated rings. The first-order valence-corrected chi connectivity index (χ1v) is 17.2.